The van der Waals surface area contributed by atoms with Crippen molar-refractivity contribution < 1.29 is 0 Å². The highest BCUT2D eigenvalue weighted by atomic mass is 14.6. The molecule has 0 amide bonds. The molecule has 4 aliphatic rings. The molecule has 0 radical (unpaired) electrons. The molecule has 0 bridgehead atoms. The number of benzene rings is 1. The summed E-state index contributed by atoms with van der Waals surface area (Å²) in [5.41, 5.74) is 4.41. The normalized spacial score (nSPS) is 40.3. The van der Waals surface area contributed by atoms with Gasteiger partial charge in [0.15, 0.2) is 0 Å². The number of rotatable bonds is 7. The summed E-state index contributed by atoms with van der Waals surface area (Å²) in [4.78, 5) is 0. The number of allylic oxidation sites excluding steroid dienone is 2. The highest BCUT2D eigenvalue weighted by Crippen LogP contribution is 2.68. The summed E-state index contributed by atoms with van der Waals surface area (Å²) in [7, 11) is 0. The van der Waals surface area contributed by atoms with E-state index in [1.807, 2.05) is 0 Å². The lowest BCUT2D eigenvalue weighted by molar-refractivity contribution is -0.102. The third-order valence-electron chi connectivity index (χ3n) is 11.8. The first kappa shape index (κ1) is 24.6. The Balaban J connectivity index is 1.29. The summed E-state index contributed by atoms with van der Waals surface area (Å²) >= 11 is 0. The van der Waals surface area contributed by atoms with E-state index in [1.165, 1.54) is 82.6 Å². The topological polar surface area (TPSA) is 0 Å². The standard InChI is InChI=1S/C34H52/c1-24(2)10-9-11-25(3)30-18-19-31-29-17-16-28-15-14-27(22-26-12-7-6-8-13-26)23-34(28,5)32(29)20-21-33(30,31)4/h6-8,12-14,24-25,28-32H,9-11,15-23H2,1-5H3/t25-,28-,29+,30-,31+,32+,33-,34+/m1/s1. The molecule has 5 rings (SSSR count). The lowest BCUT2D eigenvalue weighted by atomic mass is 9.44. The number of hydrogen-bond acceptors (Lipinski definition) is 0. The Kier molecular flexibility index (Phi) is 7.09. The van der Waals surface area contributed by atoms with Gasteiger partial charge in [0.2, 0.25) is 0 Å². The van der Waals surface area contributed by atoms with Crippen molar-refractivity contribution in [1.29, 1.82) is 0 Å². The fourth-order valence-corrected chi connectivity index (χ4v) is 10.1. The number of hydrogen-bond donors (Lipinski definition) is 0. The average Bonchev–Trinajstić information content (AvgIpc) is 3.16. The molecular formula is C34H52. The fourth-order valence-electron chi connectivity index (χ4n) is 10.1. The van der Waals surface area contributed by atoms with E-state index in [4.69, 9.17) is 0 Å². The first-order chi connectivity index (χ1) is 16.3. The molecule has 3 fully saturated rings. The second-order valence-corrected chi connectivity index (χ2v) is 14.1. The number of fused-ring (bicyclic) bond motifs is 5. The van der Waals surface area contributed by atoms with Gasteiger partial charge in [-0.1, -0.05) is 95.9 Å². The van der Waals surface area contributed by atoms with E-state index in [0.29, 0.717) is 10.8 Å². The molecule has 188 valence electrons. The predicted octanol–water partition coefficient (Wildman–Crippen LogP) is 9.89. The lowest BCUT2D eigenvalue weighted by Crippen LogP contribution is -2.53. The van der Waals surface area contributed by atoms with Gasteiger partial charge >= 0.3 is 0 Å². The molecule has 0 spiro atoms. The van der Waals surface area contributed by atoms with Crippen LogP contribution in [0.3, 0.4) is 0 Å². The van der Waals surface area contributed by atoms with Gasteiger partial charge in [-0.2, -0.15) is 0 Å². The highest BCUT2D eigenvalue weighted by Gasteiger charge is 2.60. The first-order valence-corrected chi connectivity index (χ1v) is 15.0. The van der Waals surface area contributed by atoms with Crippen molar-refractivity contribution in [3.8, 4) is 0 Å². The molecule has 0 aromatic heterocycles. The van der Waals surface area contributed by atoms with Gasteiger partial charge in [0.05, 0.1) is 0 Å². The van der Waals surface area contributed by atoms with Crippen molar-refractivity contribution in [3.05, 3.63) is 47.5 Å². The van der Waals surface area contributed by atoms with Crippen LogP contribution in [0.1, 0.15) is 111 Å². The van der Waals surface area contributed by atoms with Crippen molar-refractivity contribution in [1.82, 2.24) is 0 Å². The van der Waals surface area contributed by atoms with Gasteiger partial charge in [-0.15, -0.1) is 0 Å². The van der Waals surface area contributed by atoms with Crippen molar-refractivity contribution >= 4 is 0 Å². The van der Waals surface area contributed by atoms with E-state index in [1.54, 1.807) is 5.57 Å². The molecule has 0 heterocycles. The monoisotopic (exact) mass is 460 g/mol. The van der Waals surface area contributed by atoms with Crippen LogP contribution in [-0.4, -0.2) is 0 Å². The zero-order valence-electron chi connectivity index (χ0n) is 23.0. The smallest absolute Gasteiger partial charge is 0.00669 e. The molecule has 34 heavy (non-hydrogen) atoms. The summed E-state index contributed by atoms with van der Waals surface area (Å²) in [6, 6.07) is 11.2. The molecule has 0 nitrogen and oxygen atoms in total. The Morgan fingerprint density at radius 2 is 1.62 bits per heavy atom. The van der Waals surface area contributed by atoms with Crippen LogP contribution in [0.15, 0.2) is 42.0 Å². The third-order valence-corrected chi connectivity index (χ3v) is 11.8. The van der Waals surface area contributed by atoms with Gasteiger partial charge in [-0.05, 0) is 116 Å². The Labute approximate surface area is 211 Å². The molecule has 0 saturated heterocycles. The van der Waals surface area contributed by atoms with Crippen LogP contribution in [0.4, 0.5) is 0 Å². The first-order valence-electron chi connectivity index (χ1n) is 15.0. The van der Waals surface area contributed by atoms with Gasteiger partial charge in [-0.3, -0.25) is 0 Å². The molecule has 0 unspecified atom stereocenters. The largest absolute Gasteiger partial charge is 0.0847 e. The second kappa shape index (κ2) is 9.78. The second-order valence-electron chi connectivity index (χ2n) is 14.1. The molecule has 0 heteroatoms. The van der Waals surface area contributed by atoms with E-state index in [2.05, 4.69) is 71.0 Å². The minimum atomic E-state index is 0.546. The van der Waals surface area contributed by atoms with Crippen LogP contribution in [-0.2, 0) is 6.42 Å². The molecule has 8 atom stereocenters. The lowest BCUT2D eigenvalue weighted by Gasteiger charge is -2.60. The van der Waals surface area contributed by atoms with E-state index in [0.717, 1.165) is 41.4 Å². The van der Waals surface area contributed by atoms with E-state index in [9.17, 15) is 0 Å². The maximum absolute atomic E-state index is 2.75. The molecule has 1 aromatic carbocycles. The van der Waals surface area contributed by atoms with Crippen LogP contribution >= 0.6 is 0 Å². The van der Waals surface area contributed by atoms with Crippen molar-refractivity contribution in [2.45, 2.75) is 112 Å². The Morgan fingerprint density at radius 1 is 0.853 bits per heavy atom. The average molecular weight is 461 g/mol. The zero-order valence-corrected chi connectivity index (χ0v) is 23.0. The molecule has 1 aromatic rings. The van der Waals surface area contributed by atoms with Crippen molar-refractivity contribution in [2.24, 2.45) is 52.3 Å². The van der Waals surface area contributed by atoms with Gasteiger partial charge < -0.3 is 0 Å². The van der Waals surface area contributed by atoms with E-state index < -0.39 is 0 Å². The van der Waals surface area contributed by atoms with Crippen LogP contribution in [0, 0.1) is 52.3 Å². The van der Waals surface area contributed by atoms with Crippen LogP contribution < -0.4 is 0 Å². The third kappa shape index (κ3) is 4.46. The summed E-state index contributed by atoms with van der Waals surface area (Å²) in [6.07, 6.45) is 20.0. The Hall–Kier alpha value is -1.04. The van der Waals surface area contributed by atoms with E-state index in [-0.39, 0.29) is 0 Å². The van der Waals surface area contributed by atoms with Crippen molar-refractivity contribution in [3.63, 3.8) is 0 Å². The predicted molar refractivity (Wildman–Crippen MR) is 147 cm³/mol. The summed E-state index contributed by atoms with van der Waals surface area (Å²) in [6.45, 7) is 12.9. The van der Waals surface area contributed by atoms with Crippen LogP contribution in [0.25, 0.3) is 0 Å². The van der Waals surface area contributed by atoms with E-state index >= 15 is 0 Å². The summed E-state index contributed by atoms with van der Waals surface area (Å²) < 4.78 is 0. The van der Waals surface area contributed by atoms with Gasteiger partial charge in [0, 0.05) is 0 Å². The maximum Gasteiger partial charge on any atom is -0.00669 e. The van der Waals surface area contributed by atoms with Crippen LogP contribution in [0.2, 0.25) is 0 Å². The minimum absolute atomic E-state index is 0.546. The van der Waals surface area contributed by atoms with Crippen LogP contribution in [0.5, 0.6) is 0 Å². The fraction of sp³-hybridized carbons (Fsp3) is 0.765. The highest BCUT2D eigenvalue weighted by molar-refractivity contribution is 5.25. The summed E-state index contributed by atoms with van der Waals surface area (Å²) in [5.74, 6) is 6.68. The van der Waals surface area contributed by atoms with Gasteiger partial charge in [0.25, 0.3) is 0 Å². The molecule has 0 N–H and O–H groups in total. The molecular weight excluding hydrogens is 408 g/mol. The maximum atomic E-state index is 2.75. The van der Waals surface area contributed by atoms with Crippen molar-refractivity contribution in [2.75, 3.05) is 0 Å². The quantitative estimate of drug-likeness (QED) is 0.355. The molecule has 0 aliphatic heterocycles. The molecule has 4 aliphatic carbocycles. The summed E-state index contributed by atoms with van der Waals surface area (Å²) in [5, 5.41) is 0. The Morgan fingerprint density at radius 3 is 2.38 bits per heavy atom. The Bertz CT molecular complexity index is 848. The minimum Gasteiger partial charge on any atom is -0.0847 e. The van der Waals surface area contributed by atoms with Gasteiger partial charge in [-0.25, -0.2) is 0 Å². The SMILES string of the molecule is CC(C)CCC[C@@H](C)[C@H]1CC[C@H]2[C@@H]3CC[C@H]4CC=C(Cc5ccccc5)C[C@]4(C)[C@H]3CC[C@]12C. The molecule has 3 saturated carbocycles. The van der Waals surface area contributed by atoms with Gasteiger partial charge in [0.1, 0.15) is 0 Å². The zero-order chi connectivity index (χ0) is 23.9.